The van der Waals surface area contributed by atoms with Gasteiger partial charge in [-0.3, -0.25) is 0 Å². The van der Waals surface area contributed by atoms with Gasteiger partial charge in [-0.2, -0.15) is 17.9 Å². The Bertz CT molecular complexity index is 966. The molecule has 0 N–H and O–H groups in total. The Morgan fingerprint density at radius 2 is 1.74 bits per heavy atom. The Labute approximate surface area is 165 Å². The van der Waals surface area contributed by atoms with Crippen molar-refractivity contribution >= 4 is 27.3 Å². The first kappa shape index (κ1) is 18.5. The van der Waals surface area contributed by atoms with Gasteiger partial charge in [0.15, 0.2) is 0 Å². The molecule has 1 aliphatic carbocycles. The number of hydrogen-bond acceptors (Lipinski definition) is 3. The zero-order chi connectivity index (χ0) is 19.2. The van der Waals surface area contributed by atoms with Crippen molar-refractivity contribution < 1.29 is 8.42 Å². The van der Waals surface area contributed by atoms with Crippen molar-refractivity contribution in [2.45, 2.75) is 50.0 Å². The Morgan fingerprint density at radius 1 is 1.07 bits per heavy atom. The maximum Gasteiger partial charge on any atom is 0.279 e. The first-order valence-corrected chi connectivity index (χ1v) is 11.2. The van der Waals surface area contributed by atoms with E-state index in [1.165, 1.54) is 9.98 Å². The van der Waals surface area contributed by atoms with Crippen LogP contribution in [0.1, 0.15) is 56.2 Å². The Balaban J connectivity index is 1.75. The zero-order valence-corrected chi connectivity index (χ0v) is 17.0. The third-order valence-electron chi connectivity index (χ3n) is 5.52. The molecule has 2 unspecified atom stereocenters. The number of hydrazone groups is 1. The molecule has 1 fully saturated rings. The van der Waals surface area contributed by atoms with Crippen LogP contribution < -0.4 is 0 Å². The summed E-state index contributed by atoms with van der Waals surface area (Å²) >= 11 is 5.93. The molecule has 2 aliphatic rings. The topological polar surface area (TPSA) is 49.7 Å². The van der Waals surface area contributed by atoms with Crippen LogP contribution >= 0.6 is 11.6 Å². The molecular weight excluding hydrogens is 380 g/mol. The fraction of sp³-hybridized carbons (Fsp3) is 0.381. The van der Waals surface area contributed by atoms with Crippen LogP contribution in [0.3, 0.4) is 0 Å². The summed E-state index contributed by atoms with van der Waals surface area (Å²) in [6.45, 7) is 4.31. The van der Waals surface area contributed by atoms with E-state index in [1.807, 2.05) is 0 Å². The van der Waals surface area contributed by atoms with E-state index in [0.29, 0.717) is 10.9 Å². The van der Waals surface area contributed by atoms with Gasteiger partial charge in [-0.05, 0) is 60.6 Å². The van der Waals surface area contributed by atoms with Crippen LogP contribution in [0.15, 0.2) is 58.5 Å². The summed E-state index contributed by atoms with van der Waals surface area (Å²) < 4.78 is 28.0. The van der Waals surface area contributed by atoms with Gasteiger partial charge in [-0.15, -0.1) is 0 Å². The Kier molecular flexibility index (Phi) is 4.77. The highest BCUT2D eigenvalue weighted by Gasteiger charge is 2.45. The highest BCUT2D eigenvalue weighted by Crippen LogP contribution is 2.45. The van der Waals surface area contributed by atoms with Crippen LogP contribution in [0, 0.1) is 5.92 Å². The largest absolute Gasteiger partial charge is 0.279 e. The van der Waals surface area contributed by atoms with Crippen LogP contribution in [0.25, 0.3) is 0 Å². The van der Waals surface area contributed by atoms with Crippen molar-refractivity contribution in [2.75, 3.05) is 0 Å². The van der Waals surface area contributed by atoms with E-state index >= 15 is 0 Å². The van der Waals surface area contributed by atoms with E-state index in [4.69, 9.17) is 11.6 Å². The van der Waals surface area contributed by atoms with Gasteiger partial charge in [-0.1, -0.05) is 49.7 Å². The normalized spacial score (nSPS) is 22.2. The number of fused-ring (bicyclic) bond motifs is 1. The number of rotatable bonds is 4. The number of benzene rings is 2. The molecule has 4 rings (SSSR count). The zero-order valence-electron chi connectivity index (χ0n) is 15.5. The molecule has 0 aromatic heterocycles. The minimum Gasteiger partial charge on any atom is -0.200 e. The fourth-order valence-corrected chi connectivity index (χ4v) is 5.62. The van der Waals surface area contributed by atoms with Crippen LogP contribution in [0.2, 0.25) is 5.02 Å². The molecule has 1 aliphatic heterocycles. The van der Waals surface area contributed by atoms with Crippen LogP contribution in [0.5, 0.6) is 0 Å². The second-order valence-corrected chi connectivity index (χ2v) is 9.82. The average molecular weight is 403 g/mol. The lowest BCUT2D eigenvalue weighted by molar-refractivity contribution is 0.317. The van der Waals surface area contributed by atoms with Crippen molar-refractivity contribution in [3.63, 3.8) is 0 Å². The fourth-order valence-electron chi connectivity index (χ4n) is 4.02. The summed E-state index contributed by atoms with van der Waals surface area (Å²) in [6, 6.07) is 14.3. The van der Waals surface area contributed by atoms with Gasteiger partial charge in [0.05, 0.1) is 10.9 Å². The van der Waals surface area contributed by atoms with Gasteiger partial charge < -0.3 is 0 Å². The lowest BCUT2D eigenvalue weighted by Crippen LogP contribution is -2.30. The van der Waals surface area contributed by atoms with Crippen LogP contribution in [-0.2, 0) is 10.0 Å². The second kappa shape index (κ2) is 6.95. The standard InChI is InChI=1S/C21H23ClN2O2S/c1-14(2)15-6-8-16(9-7-15)21-19-4-3-5-20(19)23-24(21)27(25,26)18-12-10-17(22)11-13-18/h6-14,19,21H,3-5H2,1-2H3. The average Bonchev–Trinajstić information content (AvgIpc) is 3.23. The molecule has 142 valence electrons. The van der Waals surface area contributed by atoms with Gasteiger partial charge in [0.1, 0.15) is 0 Å². The van der Waals surface area contributed by atoms with Crippen molar-refractivity contribution in [3.05, 3.63) is 64.7 Å². The van der Waals surface area contributed by atoms with Crippen LogP contribution in [0.4, 0.5) is 0 Å². The minimum absolute atomic E-state index is 0.164. The Hall–Kier alpha value is -1.85. The van der Waals surface area contributed by atoms with Crippen molar-refractivity contribution in [3.8, 4) is 0 Å². The third-order valence-corrected chi connectivity index (χ3v) is 7.45. The van der Waals surface area contributed by atoms with Gasteiger partial charge in [-0.25, -0.2) is 0 Å². The lowest BCUT2D eigenvalue weighted by Gasteiger charge is -2.27. The third kappa shape index (κ3) is 3.27. The molecule has 0 radical (unpaired) electrons. The first-order valence-electron chi connectivity index (χ1n) is 9.35. The monoisotopic (exact) mass is 402 g/mol. The predicted octanol–water partition coefficient (Wildman–Crippen LogP) is 5.37. The van der Waals surface area contributed by atoms with E-state index in [2.05, 4.69) is 43.2 Å². The summed E-state index contributed by atoms with van der Waals surface area (Å²) in [5.41, 5.74) is 3.25. The van der Waals surface area contributed by atoms with Crippen molar-refractivity contribution in [1.29, 1.82) is 0 Å². The van der Waals surface area contributed by atoms with Crippen LogP contribution in [-0.4, -0.2) is 18.5 Å². The maximum atomic E-state index is 13.3. The van der Waals surface area contributed by atoms with E-state index in [0.717, 1.165) is 30.5 Å². The van der Waals surface area contributed by atoms with Crippen molar-refractivity contribution in [2.24, 2.45) is 11.0 Å². The van der Waals surface area contributed by atoms with Gasteiger partial charge >= 0.3 is 0 Å². The molecular formula is C21H23ClN2O2S. The molecule has 2 aromatic rings. The molecule has 4 nitrogen and oxygen atoms in total. The van der Waals surface area contributed by atoms with E-state index in [-0.39, 0.29) is 16.9 Å². The van der Waals surface area contributed by atoms with E-state index < -0.39 is 10.0 Å². The highest BCUT2D eigenvalue weighted by molar-refractivity contribution is 7.89. The number of hydrogen-bond donors (Lipinski definition) is 0. The second-order valence-electron chi connectivity index (χ2n) is 7.59. The summed E-state index contributed by atoms with van der Waals surface area (Å²) in [4.78, 5) is 0.222. The molecule has 1 heterocycles. The first-order chi connectivity index (χ1) is 12.9. The van der Waals surface area contributed by atoms with E-state index in [1.54, 1.807) is 24.3 Å². The molecule has 1 saturated carbocycles. The van der Waals surface area contributed by atoms with Gasteiger partial charge in [0.2, 0.25) is 0 Å². The molecule has 6 heteroatoms. The summed E-state index contributed by atoms with van der Waals surface area (Å²) in [5, 5.41) is 5.08. The number of sulfonamides is 1. The molecule has 0 saturated heterocycles. The van der Waals surface area contributed by atoms with Crippen molar-refractivity contribution in [1.82, 2.24) is 4.41 Å². The predicted molar refractivity (Wildman–Crippen MR) is 109 cm³/mol. The Morgan fingerprint density at radius 3 is 2.37 bits per heavy atom. The molecule has 2 atom stereocenters. The SMILES string of the molecule is CC(C)c1ccc(C2C3CCCC3=NN2S(=O)(=O)c2ccc(Cl)cc2)cc1. The number of nitrogens with zero attached hydrogens (tertiary/aromatic N) is 2. The molecule has 0 amide bonds. The maximum absolute atomic E-state index is 13.3. The smallest absolute Gasteiger partial charge is 0.200 e. The summed E-state index contributed by atoms with van der Waals surface area (Å²) in [6.07, 6.45) is 2.92. The highest BCUT2D eigenvalue weighted by atomic mass is 35.5. The van der Waals surface area contributed by atoms with Gasteiger partial charge in [0, 0.05) is 16.7 Å². The minimum atomic E-state index is -3.73. The molecule has 27 heavy (non-hydrogen) atoms. The quantitative estimate of drug-likeness (QED) is 0.690. The summed E-state index contributed by atoms with van der Waals surface area (Å²) in [5.74, 6) is 0.604. The molecule has 0 spiro atoms. The molecule has 0 bridgehead atoms. The molecule has 2 aromatic carbocycles. The van der Waals surface area contributed by atoms with Gasteiger partial charge in [0.25, 0.3) is 10.0 Å². The van der Waals surface area contributed by atoms with E-state index in [9.17, 15) is 8.42 Å². The summed E-state index contributed by atoms with van der Waals surface area (Å²) in [7, 11) is -3.73. The number of halogens is 1. The lowest BCUT2D eigenvalue weighted by atomic mass is 9.91.